The smallest absolute Gasteiger partial charge is 0.225 e. The molecule has 0 aromatic carbocycles. The standard InChI is InChI=1S/C16H31NO3/c1-12(9-13(2)18)11-17-15(19)16(3,4)10-14-5-7-20-8-6-14/h12-14,18H,5-11H2,1-4H3,(H,17,19). The Morgan fingerprint density at radius 1 is 1.35 bits per heavy atom. The number of ether oxygens (including phenoxy) is 1. The number of carbonyl (C=O) groups excluding carboxylic acids is 1. The van der Waals surface area contributed by atoms with Crippen LogP contribution in [0.2, 0.25) is 0 Å². The lowest BCUT2D eigenvalue weighted by molar-refractivity contribution is -0.130. The number of aliphatic hydroxyl groups excluding tert-OH is 1. The lowest BCUT2D eigenvalue weighted by atomic mass is 9.79. The van der Waals surface area contributed by atoms with Crippen LogP contribution in [0.25, 0.3) is 0 Å². The summed E-state index contributed by atoms with van der Waals surface area (Å²) in [6.07, 6.45) is 3.47. The van der Waals surface area contributed by atoms with Gasteiger partial charge in [0.15, 0.2) is 0 Å². The Hall–Kier alpha value is -0.610. The van der Waals surface area contributed by atoms with Crippen molar-refractivity contribution < 1.29 is 14.6 Å². The molecule has 1 aliphatic rings. The van der Waals surface area contributed by atoms with Gasteiger partial charge in [-0.15, -0.1) is 0 Å². The largest absolute Gasteiger partial charge is 0.393 e. The number of aliphatic hydroxyl groups is 1. The molecule has 2 unspecified atom stereocenters. The maximum absolute atomic E-state index is 12.3. The third-order valence-corrected chi connectivity index (χ3v) is 4.11. The van der Waals surface area contributed by atoms with Gasteiger partial charge in [-0.1, -0.05) is 20.8 Å². The highest BCUT2D eigenvalue weighted by Gasteiger charge is 2.31. The molecule has 1 fully saturated rings. The molecular weight excluding hydrogens is 254 g/mol. The van der Waals surface area contributed by atoms with Crippen molar-refractivity contribution in [2.75, 3.05) is 19.8 Å². The van der Waals surface area contributed by atoms with Gasteiger partial charge in [-0.25, -0.2) is 0 Å². The van der Waals surface area contributed by atoms with Crippen LogP contribution in [0.4, 0.5) is 0 Å². The minimum Gasteiger partial charge on any atom is -0.393 e. The van der Waals surface area contributed by atoms with Gasteiger partial charge in [0, 0.05) is 25.2 Å². The summed E-state index contributed by atoms with van der Waals surface area (Å²) < 4.78 is 5.37. The van der Waals surface area contributed by atoms with E-state index in [1.807, 2.05) is 13.8 Å². The third-order valence-electron chi connectivity index (χ3n) is 4.11. The van der Waals surface area contributed by atoms with Crippen LogP contribution in [-0.4, -0.2) is 36.9 Å². The normalized spacial score (nSPS) is 20.4. The average Bonchev–Trinajstić information content (AvgIpc) is 2.35. The summed E-state index contributed by atoms with van der Waals surface area (Å²) in [5.41, 5.74) is -0.327. The van der Waals surface area contributed by atoms with Gasteiger partial charge in [0.1, 0.15) is 0 Å². The van der Waals surface area contributed by atoms with Gasteiger partial charge < -0.3 is 15.2 Å². The van der Waals surface area contributed by atoms with Crippen molar-refractivity contribution in [1.82, 2.24) is 5.32 Å². The third kappa shape index (κ3) is 6.23. The van der Waals surface area contributed by atoms with Crippen molar-refractivity contribution in [2.45, 2.75) is 59.5 Å². The number of hydrogen-bond acceptors (Lipinski definition) is 3. The summed E-state index contributed by atoms with van der Waals surface area (Å²) in [4.78, 5) is 12.3. The molecule has 1 saturated heterocycles. The fourth-order valence-electron chi connectivity index (χ4n) is 2.94. The van der Waals surface area contributed by atoms with E-state index in [4.69, 9.17) is 4.74 Å². The first-order chi connectivity index (χ1) is 9.31. The first-order valence-electron chi connectivity index (χ1n) is 7.85. The molecule has 0 aromatic heterocycles. The van der Waals surface area contributed by atoms with E-state index in [1.165, 1.54) is 0 Å². The maximum atomic E-state index is 12.3. The van der Waals surface area contributed by atoms with E-state index in [0.29, 0.717) is 18.4 Å². The van der Waals surface area contributed by atoms with Gasteiger partial charge in [0.25, 0.3) is 0 Å². The number of nitrogens with one attached hydrogen (secondary N) is 1. The quantitative estimate of drug-likeness (QED) is 0.755. The maximum Gasteiger partial charge on any atom is 0.225 e. The Morgan fingerprint density at radius 2 is 1.95 bits per heavy atom. The van der Waals surface area contributed by atoms with Crippen LogP contribution >= 0.6 is 0 Å². The number of amides is 1. The van der Waals surface area contributed by atoms with Crippen LogP contribution in [0.5, 0.6) is 0 Å². The Balaban J connectivity index is 2.35. The highest BCUT2D eigenvalue weighted by Crippen LogP contribution is 2.31. The molecule has 4 heteroatoms. The fraction of sp³-hybridized carbons (Fsp3) is 0.938. The van der Waals surface area contributed by atoms with E-state index < -0.39 is 0 Å². The molecule has 0 bridgehead atoms. The second-order valence-corrected chi connectivity index (χ2v) is 7.04. The fourth-order valence-corrected chi connectivity index (χ4v) is 2.94. The van der Waals surface area contributed by atoms with Crippen molar-refractivity contribution in [3.05, 3.63) is 0 Å². The van der Waals surface area contributed by atoms with Crippen LogP contribution in [0.15, 0.2) is 0 Å². The van der Waals surface area contributed by atoms with E-state index in [2.05, 4.69) is 12.2 Å². The Bertz CT molecular complexity index is 296. The SMILES string of the molecule is CC(O)CC(C)CNC(=O)C(C)(C)CC1CCOCC1. The minimum atomic E-state index is -0.327. The second-order valence-electron chi connectivity index (χ2n) is 7.04. The van der Waals surface area contributed by atoms with Crippen molar-refractivity contribution in [3.63, 3.8) is 0 Å². The summed E-state index contributed by atoms with van der Waals surface area (Å²) in [5.74, 6) is 1.03. The highest BCUT2D eigenvalue weighted by atomic mass is 16.5. The van der Waals surface area contributed by atoms with E-state index in [0.717, 1.165) is 38.9 Å². The van der Waals surface area contributed by atoms with Crippen LogP contribution < -0.4 is 5.32 Å². The van der Waals surface area contributed by atoms with Crippen LogP contribution in [0.1, 0.15) is 53.4 Å². The zero-order chi connectivity index (χ0) is 15.2. The zero-order valence-electron chi connectivity index (χ0n) is 13.4. The van der Waals surface area contributed by atoms with Crippen LogP contribution in [0, 0.1) is 17.3 Å². The minimum absolute atomic E-state index is 0.126. The van der Waals surface area contributed by atoms with Crippen molar-refractivity contribution >= 4 is 5.91 Å². The lowest BCUT2D eigenvalue weighted by Gasteiger charge is -2.31. The van der Waals surface area contributed by atoms with Gasteiger partial charge in [0.2, 0.25) is 5.91 Å². The van der Waals surface area contributed by atoms with E-state index in [-0.39, 0.29) is 17.4 Å². The monoisotopic (exact) mass is 285 g/mol. The summed E-state index contributed by atoms with van der Waals surface area (Å²) in [6.45, 7) is 10.2. The molecule has 2 N–H and O–H groups in total. The van der Waals surface area contributed by atoms with Gasteiger partial charge in [-0.3, -0.25) is 4.79 Å². The zero-order valence-corrected chi connectivity index (χ0v) is 13.4. The van der Waals surface area contributed by atoms with Crippen LogP contribution in [0.3, 0.4) is 0 Å². The molecule has 0 radical (unpaired) electrons. The van der Waals surface area contributed by atoms with E-state index in [1.54, 1.807) is 6.92 Å². The summed E-state index contributed by atoms with van der Waals surface area (Å²) in [7, 11) is 0. The molecule has 20 heavy (non-hydrogen) atoms. The van der Waals surface area contributed by atoms with Gasteiger partial charge in [-0.05, 0) is 44.4 Å². The van der Waals surface area contributed by atoms with E-state index in [9.17, 15) is 9.90 Å². The average molecular weight is 285 g/mol. The molecule has 1 aliphatic heterocycles. The lowest BCUT2D eigenvalue weighted by Crippen LogP contribution is -2.41. The molecular formula is C16H31NO3. The Morgan fingerprint density at radius 3 is 2.50 bits per heavy atom. The molecule has 1 amide bonds. The van der Waals surface area contributed by atoms with Crippen molar-refractivity contribution in [3.8, 4) is 0 Å². The summed E-state index contributed by atoms with van der Waals surface area (Å²) in [6, 6.07) is 0. The second kappa shape index (κ2) is 7.99. The molecule has 2 atom stereocenters. The molecule has 0 aromatic rings. The molecule has 0 saturated carbocycles. The predicted octanol–water partition coefficient (Wildman–Crippen LogP) is 2.35. The predicted molar refractivity (Wildman–Crippen MR) is 80.4 cm³/mol. The Kier molecular flexibility index (Phi) is 6.96. The topological polar surface area (TPSA) is 58.6 Å². The Labute approximate surface area is 123 Å². The highest BCUT2D eigenvalue weighted by molar-refractivity contribution is 5.81. The summed E-state index contributed by atoms with van der Waals surface area (Å²) in [5, 5.41) is 12.4. The summed E-state index contributed by atoms with van der Waals surface area (Å²) >= 11 is 0. The van der Waals surface area contributed by atoms with Gasteiger partial charge in [0.05, 0.1) is 6.10 Å². The number of hydrogen-bond donors (Lipinski definition) is 2. The first-order valence-corrected chi connectivity index (χ1v) is 7.85. The van der Waals surface area contributed by atoms with Gasteiger partial charge >= 0.3 is 0 Å². The molecule has 4 nitrogen and oxygen atoms in total. The molecule has 0 spiro atoms. The van der Waals surface area contributed by atoms with Crippen LogP contribution in [-0.2, 0) is 9.53 Å². The molecule has 0 aliphatic carbocycles. The number of carbonyl (C=O) groups is 1. The van der Waals surface area contributed by atoms with Crippen molar-refractivity contribution in [2.24, 2.45) is 17.3 Å². The number of rotatable bonds is 7. The first kappa shape index (κ1) is 17.4. The van der Waals surface area contributed by atoms with E-state index >= 15 is 0 Å². The molecule has 1 rings (SSSR count). The molecule has 118 valence electrons. The molecule has 1 heterocycles. The van der Waals surface area contributed by atoms with Crippen molar-refractivity contribution in [1.29, 1.82) is 0 Å². The van der Waals surface area contributed by atoms with Gasteiger partial charge in [-0.2, -0.15) is 0 Å².